The molecule has 1 fully saturated rings. The highest BCUT2D eigenvalue weighted by atomic mass is 32.4. The number of hydrogen-bond donors (Lipinski definition) is 0. The molecular weight excluding hydrogens is 230 g/mol. The van der Waals surface area contributed by atoms with Crippen LogP contribution >= 0.6 is 11.2 Å². The van der Waals surface area contributed by atoms with E-state index in [1.807, 2.05) is 0 Å². The molecule has 0 saturated heterocycles. The van der Waals surface area contributed by atoms with Gasteiger partial charge in [-0.15, -0.1) is 0 Å². The Morgan fingerprint density at radius 1 is 1.25 bits per heavy atom. The van der Waals surface area contributed by atoms with Crippen LogP contribution in [0.1, 0.15) is 45.4 Å². The van der Waals surface area contributed by atoms with Gasteiger partial charge >= 0.3 is 0 Å². The fourth-order valence-corrected chi connectivity index (χ4v) is 7.69. The molecule has 0 aromatic heterocycles. The summed E-state index contributed by atoms with van der Waals surface area (Å²) in [6, 6.07) is 0. The molecule has 1 aliphatic carbocycles. The molecule has 0 radical (unpaired) electrons. The average molecular weight is 258 g/mol. The molecule has 0 aromatic rings. The van der Waals surface area contributed by atoms with Gasteiger partial charge in [0.25, 0.3) is 0 Å². The zero-order chi connectivity index (χ0) is 12.0. The fourth-order valence-electron chi connectivity index (χ4n) is 2.22. The summed E-state index contributed by atoms with van der Waals surface area (Å²) in [6.45, 7) is 10.8. The van der Waals surface area contributed by atoms with Gasteiger partial charge in [-0.25, -0.2) is 0 Å². The second kappa shape index (κ2) is 6.85. The Morgan fingerprint density at radius 3 is 2.44 bits per heavy atom. The first-order valence-corrected chi connectivity index (χ1v) is 11.8. The summed E-state index contributed by atoms with van der Waals surface area (Å²) >= 11 is 2.23. The molecule has 1 saturated carbocycles. The summed E-state index contributed by atoms with van der Waals surface area (Å²) < 4.78 is 0. The van der Waals surface area contributed by atoms with Crippen molar-refractivity contribution in [2.45, 2.75) is 70.3 Å². The molecule has 1 rings (SSSR count). The maximum atomic E-state index is 4.71. The van der Waals surface area contributed by atoms with Crippen LogP contribution in [0.4, 0.5) is 0 Å². The zero-order valence-electron chi connectivity index (χ0n) is 11.4. The molecule has 0 aliphatic heterocycles. The van der Waals surface area contributed by atoms with Crippen LogP contribution in [0.15, 0.2) is 4.99 Å². The van der Waals surface area contributed by atoms with Gasteiger partial charge in [0.05, 0.1) is 0 Å². The molecular formula is C13H27NSSi. The van der Waals surface area contributed by atoms with Gasteiger partial charge in [-0.1, -0.05) is 26.6 Å². The predicted octanol–water partition coefficient (Wildman–Crippen LogP) is 4.74. The molecule has 0 N–H and O–H groups in total. The number of nitrogens with zero attached hydrogens (tertiary/aromatic N) is 1. The summed E-state index contributed by atoms with van der Waals surface area (Å²) in [5, 5.41) is 0.829. The van der Waals surface area contributed by atoms with Crippen LogP contribution < -0.4 is 0 Å². The minimum absolute atomic E-state index is 0.829. The fraction of sp³-hybridized carbons (Fsp3) is 0.923. The van der Waals surface area contributed by atoms with E-state index in [1.54, 1.807) is 0 Å². The smallest absolute Gasteiger partial charge is 0.108 e. The molecule has 1 atom stereocenters. The van der Waals surface area contributed by atoms with Crippen molar-refractivity contribution in [3.8, 4) is 0 Å². The van der Waals surface area contributed by atoms with Crippen molar-refractivity contribution in [1.82, 2.24) is 0 Å². The normalized spacial score (nSPS) is 18.9. The van der Waals surface area contributed by atoms with Gasteiger partial charge in [-0.3, -0.25) is 4.99 Å². The Bertz CT molecular complexity index is 225. The first kappa shape index (κ1) is 14.3. The SMILES string of the molecule is CC(CCCN=C1CCCC1)S[Si](C)(C)C. The third kappa shape index (κ3) is 6.74. The van der Waals surface area contributed by atoms with Gasteiger partial charge in [0.15, 0.2) is 0 Å². The highest BCUT2D eigenvalue weighted by molar-refractivity contribution is 8.29. The van der Waals surface area contributed by atoms with Crippen molar-refractivity contribution in [3.05, 3.63) is 0 Å². The topological polar surface area (TPSA) is 12.4 Å². The van der Waals surface area contributed by atoms with Crippen LogP contribution in [0.5, 0.6) is 0 Å². The molecule has 94 valence electrons. The van der Waals surface area contributed by atoms with Crippen LogP contribution in [0.3, 0.4) is 0 Å². The maximum absolute atomic E-state index is 4.71. The molecule has 0 spiro atoms. The second-order valence-electron chi connectivity index (χ2n) is 5.84. The van der Waals surface area contributed by atoms with Gasteiger partial charge in [0.2, 0.25) is 0 Å². The highest BCUT2D eigenvalue weighted by Crippen LogP contribution is 2.27. The Kier molecular flexibility index (Phi) is 6.12. The number of aliphatic imine (C=N–C) groups is 1. The van der Waals surface area contributed by atoms with Crippen LogP contribution in [-0.4, -0.2) is 24.7 Å². The maximum Gasteiger partial charge on any atom is 0.108 e. The Labute approximate surface area is 106 Å². The van der Waals surface area contributed by atoms with Crippen molar-refractivity contribution in [2.24, 2.45) is 4.99 Å². The van der Waals surface area contributed by atoms with Crippen LogP contribution in [0.2, 0.25) is 19.6 Å². The van der Waals surface area contributed by atoms with E-state index < -0.39 is 7.22 Å². The van der Waals surface area contributed by atoms with E-state index >= 15 is 0 Å². The summed E-state index contributed by atoms with van der Waals surface area (Å²) in [4.78, 5) is 4.71. The Hall–Kier alpha value is 0.237. The van der Waals surface area contributed by atoms with Gasteiger partial charge in [-0.2, -0.15) is 11.2 Å². The van der Waals surface area contributed by atoms with E-state index in [-0.39, 0.29) is 0 Å². The predicted molar refractivity (Wildman–Crippen MR) is 80.4 cm³/mol. The minimum Gasteiger partial charge on any atom is -0.294 e. The average Bonchev–Trinajstić information content (AvgIpc) is 2.62. The quantitative estimate of drug-likeness (QED) is 0.494. The molecule has 0 amide bonds. The first-order chi connectivity index (χ1) is 7.47. The summed E-state index contributed by atoms with van der Waals surface area (Å²) in [5.74, 6) is 0. The molecule has 3 heteroatoms. The monoisotopic (exact) mass is 257 g/mol. The van der Waals surface area contributed by atoms with Crippen molar-refractivity contribution in [1.29, 1.82) is 0 Å². The van der Waals surface area contributed by atoms with E-state index in [0.29, 0.717) is 0 Å². The molecule has 0 heterocycles. The van der Waals surface area contributed by atoms with Crippen molar-refractivity contribution >= 4 is 24.1 Å². The molecule has 16 heavy (non-hydrogen) atoms. The molecule has 0 bridgehead atoms. The van der Waals surface area contributed by atoms with Gasteiger partial charge in [0.1, 0.15) is 7.22 Å². The highest BCUT2D eigenvalue weighted by Gasteiger charge is 2.17. The van der Waals surface area contributed by atoms with E-state index in [2.05, 4.69) is 37.8 Å². The van der Waals surface area contributed by atoms with Gasteiger partial charge in [-0.05, 0) is 43.8 Å². The molecule has 1 aliphatic rings. The minimum atomic E-state index is -0.925. The number of hydrogen-bond acceptors (Lipinski definition) is 2. The summed E-state index contributed by atoms with van der Waals surface area (Å²) in [5.41, 5.74) is 1.49. The first-order valence-electron chi connectivity index (χ1n) is 6.67. The van der Waals surface area contributed by atoms with Crippen molar-refractivity contribution in [2.75, 3.05) is 6.54 Å². The standard InChI is InChI=1S/C13H27NSSi/c1-12(15-16(2,3)4)8-7-11-14-13-9-5-6-10-13/h12H,5-11H2,1-4H3. The van der Waals surface area contributed by atoms with Gasteiger partial charge in [0, 0.05) is 12.3 Å². The third-order valence-corrected chi connectivity index (χ3v) is 7.51. The molecule has 0 aromatic carbocycles. The Balaban J connectivity index is 2.08. The summed E-state index contributed by atoms with van der Waals surface area (Å²) in [6.07, 6.45) is 7.92. The second-order valence-corrected chi connectivity index (χ2v) is 15.5. The lowest BCUT2D eigenvalue weighted by molar-refractivity contribution is 0.741. The largest absolute Gasteiger partial charge is 0.294 e. The van der Waals surface area contributed by atoms with E-state index in [0.717, 1.165) is 11.8 Å². The summed E-state index contributed by atoms with van der Waals surface area (Å²) in [7, 11) is -0.925. The van der Waals surface area contributed by atoms with Crippen molar-refractivity contribution in [3.63, 3.8) is 0 Å². The lowest BCUT2D eigenvalue weighted by atomic mass is 10.2. The third-order valence-electron chi connectivity index (χ3n) is 2.84. The van der Waals surface area contributed by atoms with Crippen molar-refractivity contribution < 1.29 is 0 Å². The van der Waals surface area contributed by atoms with Crippen LogP contribution in [0, 0.1) is 0 Å². The van der Waals surface area contributed by atoms with Crippen LogP contribution in [0.25, 0.3) is 0 Å². The zero-order valence-corrected chi connectivity index (χ0v) is 13.2. The molecule has 1 unspecified atom stereocenters. The molecule has 1 nitrogen and oxygen atoms in total. The van der Waals surface area contributed by atoms with Crippen LogP contribution in [-0.2, 0) is 0 Å². The Morgan fingerprint density at radius 2 is 1.88 bits per heavy atom. The lowest BCUT2D eigenvalue weighted by Crippen LogP contribution is -2.18. The van der Waals surface area contributed by atoms with Gasteiger partial charge < -0.3 is 0 Å². The van der Waals surface area contributed by atoms with E-state index in [9.17, 15) is 0 Å². The van der Waals surface area contributed by atoms with E-state index in [1.165, 1.54) is 44.2 Å². The number of rotatable bonds is 6. The van der Waals surface area contributed by atoms with E-state index in [4.69, 9.17) is 4.99 Å². The lowest BCUT2D eigenvalue weighted by Gasteiger charge is -2.20.